The number of pyridine rings is 1. The van der Waals surface area contributed by atoms with Gasteiger partial charge in [-0.1, -0.05) is 71.9 Å². The zero-order chi connectivity index (χ0) is 32.6. The average Bonchev–Trinajstić information content (AvgIpc) is 3.04. The first-order valence-electron chi connectivity index (χ1n) is 14.8. The number of aromatic nitrogens is 1. The van der Waals surface area contributed by atoms with Crippen molar-refractivity contribution >= 4 is 40.3 Å². The molecule has 3 heterocycles. The highest BCUT2D eigenvalue weighted by atomic mass is 19.3. The van der Waals surface area contributed by atoms with Gasteiger partial charge in [-0.15, -0.1) is 0 Å². The standard InChI is InChI=1S/C35H31BF6N2O/c1-18-14-28-29-30(43-18)44(21-10-11-22-23(17-21)34(39,40)35(41,42)33(22,37)38)26-16-20(32(5,6)7)8-12-24(26)36(29)25-15-19(31(2,3)4)9-13-27(25)45-28/h8-17H,1-7H3. The van der Waals surface area contributed by atoms with Gasteiger partial charge >= 0.3 is 17.8 Å². The number of rotatable bonds is 1. The Kier molecular flexibility index (Phi) is 5.86. The topological polar surface area (TPSA) is 25.4 Å². The fraction of sp³-hybridized carbons (Fsp3) is 0.343. The molecule has 0 N–H and O–H groups in total. The van der Waals surface area contributed by atoms with Crippen LogP contribution in [-0.4, -0.2) is 17.6 Å². The smallest absolute Gasteiger partial charge is 0.380 e. The maximum atomic E-state index is 15.0. The molecule has 7 rings (SSSR count). The number of nitrogens with zero attached hydrogens (tertiary/aromatic N) is 2. The van der Waals surface area contributed by atoms with Crippen LogP contribution in [0, 0.1) is 6.92 Å². The summed E-state index contributed by atoms with van der Waals surface area (Å²) in [5, 5.41) is 0. The van der Waals surface area contributed by atoms with Crippen LogP contribution in [0.25, 0.3) is 0 Å². The molecule has 0 amide bonds. The van der Waals surface area contributed by atoms with Crippen LogP contribution in [0.3, 0.4) is 0 Å². The Morgan fingerprint density at radius 3 is 1.98 bits per heavy atom. The molecule has 0 radical (unpaired) electrons. The van der Waals surface area contributed by atoms with E-state index in [1.807, 2.05) is 51.1 Å². The summed E-state index contributed by atoms with van der Waals surface area (Å²) in [4.78, 5) is 6.46. The lowest BCUT2D eigenvalue weighted by atomic mass is 9.34. The molecule has 0 unspecified atom stereocenters. The lowest BCUT2D eigenvalue weighted by Crippen LogP contribution is -2.60. The fourth-order valence-electron chi connectivity index (χ4n) is 6.66. The van der Waals surface area contributed by atoms with Crippen molar-refractivity contribution in [3.05, 3.63) is 88.6 Å². The highest BCUT2D eigenvalue weighted by Crippen LogP contribution is 2.63. The van der Waals surface area contributed by atoms with Gasteiger partial charge in [0.25, 0.3) is 6.71 Å². The third kappa shape index (κ3) is 3.96. The lowest BCUT2D eigenvalue weighted by Gasteiger charge is -2.40. The maximum absolute atomic E-state index is 15.0. The van der Waals surface area contributed by atoms with Gasteiger partial charge in [0.15, 0.2) is 0 Å². The van der Waals surface area contributed by atoms with Gasteiger partial charge in [0.05, 0.1) is 0 Å². The van der Waals surface area contributed by atoms with Crippen molar-refractivity contribution in [3.8, 4) is 11.5 Å². The molecule has 232 valence electrons. The molecule has 3 aliphatic rings. The molecular formula is C35H31BF6N2O. The minimum absolute atomic E-state index is 0.0159. The SMILES string of the molecule is Cc1cc2c3c(n1)N(c1ccc4c(c1)C(F)(F)C(F)(F)C4(F)F)c1cc(C(C)(C)C)ccc1B3c1cc(C(C)(C)C)ccc1O2. The van der Waals surface area contributed by atoms with Crippen LogP contribution in [0.1, 0.15) is 69.5 Å². The van der Waals surface area contributed by atoms with Crippen molar-refractivity contribution in [2.24, 2.45) is 0 Å². The number of ether oxygens (including phenoxy) is 1. The van der Waals surface area contributed by atoms with Gasteiger partial charge in [0.2, 0.25) is 0 Å². The minimum atomic E-state index is -5.58. The second kappa shape index (κ2) is 8.86. The van der Waals surface area contributed by atoms with E-state index >= 15 is 8.78 Å². The molecule has 0 spiro atoms. The van der Waals surface area contributed by atoms with E-state index in [2.05, 4.69) is 26.8 Å². The largest absolute Gasteiger partial charge is 0.458 e. The predicted octanol–water partition coefficient (Wildman–Crippen LogP) is 8.22. The number of hydrogen-bond donors (Lipinski definition) is 0. The molecule has 45 heavy (non-hydrogen) atoms. The van der Waals surface area contributed by atoms with Gasteiger partial charge in [-0.25, -0.2) is 4.98 Å². The molecule has 0 atom stereocenters. The van der Waals surface area contributed by atoms with E-state index in [-0.39, 0.29) is 23.2 Å². The van der Waals surface area contributed by atoms with Crippen molar-refractivity contribution in [1.29, 1.82) is 0 Å². The van der Waals surface area contributed by atoms with Crippen molar-refractivity contribution < 1.29 is 31.1 Å². The third-order valence-electron chi connectivity index (χ3n) is 9.21. The van der Waals surface area contributed by atoms with Gasteiger partial charge in [-0.05, 0) is 64.1 Å². The van der Waals surface area contributed by atoms with Gasteiger partial charge in [-0.2, -0.15) is 26.3 Å². The second-order valence-corrected chi connectivity index (χ2v) is 14.3. The fourth-order valence-corrected chi connectivity index (χ4v) is 6.66. The number of benzene rings is 3. The highest BCUT2D eigenvalue weighted by Gasteiger charge is 2.79. The zero-order valence-electron chi connectivity index (χ0n) is 25.9. The molecule has 0 saturated heterocycles. The predicted molar refractivity (Wildman–Crippen MR) is 165 cm³/mol. The van der Waals surface area contributed by atoms with Crippen LogP contribution in [0.4, 0.5) is 43.5 Å². The van der Waals surface area contributed by atoms with Crippen LogP contribution in [0.15, 0.2) is 60.7 Å². The lowest BCUT2D eigenvalue weighted by molar-refractivity contribution is -0.302. The Bertz CT molecular complexity index is 1920. The first kappa shape index (κ1) is 29.7. The number of anilines is 3. The summed E-state index contributed by atoms with van der Waals surface area (Å²) in [7, 11) is 0. The number of hydrogen-bond acceptors (Lipinski definition) is 3. The third-order valence-corrected chi connectivity index (χ3v) is 9.21. The molecule has 4 aromatic rings. The summed E-state index contributed by atoms with van der Waals surface area (Å²) in [6.45, 7) is 13.9. The van der Waals surface area contributed by atoms with Crippen molar-refractivity contribution in [1.82, 2.24) is 4.98 Å². The van der Waals surface area contributed by atoms with E-state index in [0.29, 0.717) is 40.2 Å². The van der Waals surface area contributed by atoms with Gasteiger partial charge in [0.1, 0.15) is 17.3 Å². The van der Waals surface area contributed by atoms with Gasteiger partial charge < -0.3 is 4.74 Å². The molecule has 0 saturated carbocycles. The molecule has 0 fully saturated rings. The summed E-state index contributed by atoms with van der Waals surface area (Å²) in [5.41, 5.74) is 2.36. The number of alkyl halides is 6. The first-order chi connectivity index (χ1) is 20.7. The molecule has 1 aliphatic carbocycles. The van der Waals surface area contributed by atoms with E-state index in [0.717, 1.165) is 28.1 Å². The van der Waals surface area contributed by atoms with E-state index in [1.165, 1.54) is 6.07 Å². The Morgan fingerprint density at radius 2 is 1.31 bits per heavy atom. The van der Waals surface area contributed by atoms with Crippen molar-refractivity contribution in [3.63, 3.8) is 0 Å². The van der Waals surface area contributed by atoms with E-state index in [9.17, 15) is 17.6 Å². The van der Waals surface area contributed by atoms with E-state index in [1.54, 1.807) is 17.9 Å². The minimum Gasteiger partial charge on any atom is -0.458 e. The van der Waals surface area contributed by atoms with Crippen LogP contribution in [-0.2, 0) is 22.7 Å². The van der Waals surface area contributed by atoms with Crippen LogP contribution in [0.2, 0.25) is 0 Å². The Labute approximate surface area is 258 Å². The monoisotopic (exact) mass is 620 g/mol. The molecule has 2 aliphatic heterocycles. The zero-order valence-corrected chi connectivity index (χ0v) is 25.9. The quantitative estimate of drug-likeness (QED) is 0.137. The summed E-state index contributed by atoms with van der Waals surface area (Å²) in [5.74, 6) is -14.1. The van der Waals surface area contributed by atoms with E-state index < -0.39 is 28.9 Å². The van der Waals surface area contributed by atoms with E-state index in [4.69, 9.17) is 9.72 Å². The summed E-state index contributed by atoms with van der Waals surface area (Å²) in [6.07, 6.45) is 0. The summed E-state index contributed by atoms with van der Waals surface area (Å²) >= 11 is 0. The molecule has 10 heteroatoms. The normalized spacial score (nSPS) is 18.5. The Hall–Kier alpha value is -3.95. The van der Waals surface area contributed by atoms with Crippen LogP contribution < -0.4 is 26.0 Å². The number of fused-ring (bicyclic) bond motifs is 5. The summed E-state index contributed by atoms with van der Waals surface area (Å²) < 4.78 is 94.7. The average molecular weight is 620 g/mol. The van der Waals surface area contributed by atoms with Gasteiger partial charge in [0, 0.05) is 39.7 Å². The second-order valence-electron chi connectivity index (χ2n) is 14.3. The van der Waals surface area contributed by atoms with Crippen LogP contribution >= 0.6 is 0 Å². The van der Waals surface area contributed by atoms with Crippen molar-refractivity contribution in [2.45, 2.75) is 77.1 Å². The summed E-state index contributed by atoms with van der Waals surface area (Å²) in [6, 6.07) is 16.5. The Morgan fingerprint density at radius 1 is 0.689 bits per heavy atom. The highest BCUT2D eigenvalue weighted by molar-refractivity contribution is 6.99. The number of aryl methyl sites for hydroxylation is 1. The number of halogens is 6. The van der Waals surface area contributed by atoms with Crippen molar-refractivity contribution in [2.75, 3.05) is 4.90 Å². The molecule has 3 aromatic carbocycles. The molecule has 1 aromatic heterocycles. The molecule has 3 nitrogen and oxygen atoms in total. The van der Waals surface area contributed by atoms with Crippen LogP contribution in [0.5, 0.6) is 11.5 Å². The first-order valence-corrected chi connectivity index (χ1v) is 14.8. The van der Waals surface area contributed by atoms with Gasteiger partial charge in [-0.3, -0.25) is 4.90 Å². The molecule has 0 bridgehead atoms. The Balaban J connectivity index is 1.54. The molecular weight excluding hydrogens is 589 g/mol. The maximum Gasteiger partial charge on any atom is 0.380 e.